The molecule has 0 spiro atoms. The van der Waals surface area contributed by atoms with Gasteiger partial charge in [0.05, 0.1) is 18.7 Å². The minimum atomic E-state index is -0.559. The predicted octanol–water partition coefficient (Wildman–Crippen LogP) is 3.94. The van der Waals surface area contributed by atoms with Crippen LogP contribution in [0.25, 0.3) is 11.3 Å². The average molecular weight is 448 g/mol. The van der Waals surface area contributed by atoms with Gasteiger partial charge in [-0.3, -0.25) is 14.5 Å². The number of rotatable bonds is 7. The zero-order chi connectivity index (χ0) is 19.4. The van der Waals surface area contributed by atoms with Gasteiger partial charge in [-0.1, -0.05) is 28.1 Å². The number of furan rings is 1. The van der Waals surface area contributed by atoms with Crippen molar-refractivity contribution in [2.24, 2.45) is 5.73 Å². The number of likely N-dealkylation sites (N-methyl/N-ethyl adjacent to an activating group) is 1. The van der Waals surface area contributed by atoms with E-state index in [0.29, 0.717) is 17.1 Å². The Bertz CT molecular complexity index is 949. The van der Waals surface area contributed by atoms with E-state index in [9.17, 15) is 9.59 Å². The van der Waals surface area contributed by atoms with E-state index >= 15 is 0 Å². The van der Waals surface area contributed by atoms with E-state index in [2.05, 4.69) is 21.2 Å². The van der Waals surface area contributed by atoms with Gasteiger partial charge >= 0.3 is 0 Å². The first-order valence-corrected chi connectivity index (χ1v) is 9.80. The molecule has 0 atom stereocenters. The molecule has 27 heavy (non-hydrogen) atoms. The van der Waals surface area contributed by atoms with Crippen molar-refractivity contribution in [2.75, 3.05) is 18.9 Å². The molecule has 140 valence electrons. The van der Waals surface area contributed by atoms with Crippen LogP contribution in [0, 0.1) is 0 Å². The number of hydrogen-bond acceptors (Lipinski definition) is 5. The van der Waals surface area contributed by atoms with Gasteiger partial charge in [0.1, 0.15) is 16.5 Å². The van der Waals surface area contributed by atoms with Crippen molar-refractivity contribution in [3.63, 3.8) is 0 Å². The van der Waals surface area contributed by atoms with Crippen LogP contribution in [-0.4, -0.2) is 30.3 Å². The molecule has 2 amide bonds. The lowest BCUT2D eigenvalue weighted by molar-refractivity contribution is -0.117. The fourth-order valence-electron chi connectivity index (χ4n) is 2.57. The van der Waals surface area contributed by atoms with Gasteiger partial charge < -0.3 is 15.5 Å². The number of amides is 2. The molecule has 0 fully saturated rings. The summed E-state index contributed by atoms with van der Waals surface area (Å²) in [7, 11) is 1.82. The summed E-state index contributed by atoms with van der Waals surface area (Å²) in [6, 6.07) is 13.3. The number of thiophene rings is 1. The molecule has 3 aromatic rings. The molecule has 2 aromatic heterocycles. The quantitative estimate of drug-likeness (QED) is 0.573. The summed E-state index contributed by atoms with van der Waals surface area (Å²) < 4.78 is 6.88. The van der Waals surface area contributed by atoms with Crippen molar-refractivity contribution in [1.82, 2.24) is 4.90 Å². The molecule has 3 rings (SSSR count). The van der Waals surface area contributed by atoms with Crippen LogP contribution < -0.4 is 11.1 Å². The van der Waals surface area contributed by atoms with Gasteiger partial charge in [0.25, 0.3) is 5.91 Å². The van der Waals surface area contributed by atoms with Gasteiger partial charge in [-0.2, -0.15) is 0 Å². The standard InChI is InChI=1S/C19H18BrN3O3S/c1-23(11-17(24)22-19-15(18(21)25)8-9-27-19)10-14-6-7-16(26-14)12-2-4-13(20)5-3-12/h2-9H,10-11H2,1H3,(H2,21,25)(H,22,24). The molecule has 0 unspecified atom stereocenters. The van der Waals surface area contributed by atoms with Crippen LogP contribution in [0.4, 0.5) is 5.00 Å². The third kappa shape index (κ3) is 5.06. The first-order valence-electron chi connectivity index (χ1n) is 8.12. The number of nitrogens with one attached hydrogen (secondary N) is 1. The number of halogens is 1. The minimum Gasteiger partial charge on any atom is -0.460 e. The first kappa shape index (κ1) is 19.3. The molecule has 0 radical (unpaired) electrons. The summed E-state index contributed by atoms with van der Waals surface area (Å²) in [5.41, 5.74) is 6.60. The van der Waals surface area contributed by atoms with E-state index in [-0.39, 0.29) is 12.5 Å². The molecule has 6 nitrogen and oxygen atoms in total. The minimum absolute atomic E-state index is 0.157. The lowest BCUT2D eigenvalue weighted by atomic mass is 10.2. The SMILES string of the molecule is CN(CC(=O)Nc1sccc1C(N)=O)Cc1ccc(-c2ccc(Br)cc2)o1. The summed E-state index contributed by atoms with van der Waals surface area (Å²) in [5.74, 6) is 0.760. The van der Waals surface area contributed by atoms with Crippen LogP contribution in [0.15, 0.2) is 56.7 Å². The first-order chi connectivity index (χ1) is 12.9. The van der Waals surface area contributed by atoms with Crippen LogP contribution >= 0.6 is 27.3 Å². The van der Waals surface area contributed by atoms with Crippen molar-refractivity contribution >= 4 is 44.1 Å². The Balaban J connectivity index is 1.57. The lowest BCUT2D eigenvalue weighted by Crippen LogP contribution is -2.30. The van der Waals surface area contributed by atoms with Crippen LogP contribution in [0.5, 0.6) is 0 Å². The average Bonchev–Trinajstić information content (AvgIpc) is 3.25. The van der Waals surface area contributed by atoms with Gasteiger partial charge in [-0.25, -0.2) is 0 Å². The van der Waals surface area contributed by atoms with Gasteiger partial charge in [0, 0.05) is 10.0 Å². The second-order valence-electron chi connectivity index (χ2n) is 6.02. The largest absolute Gasteiger partial charge is 0.460 e. The van der Waals surface area contributed by atoms with E-state index in [1.807, 2.05) is 48.3 Å². The molecule has 1 aromatic carbocycles. The molecule has 0 saturated heterocycles. The highest BCUT2D eigenvalue weighted by Crippen LogP contribution is 2.25. The fourth-order valence-corrected chi connectivity index (χ4v) is 3.64. The van der Waals surface area contributed by atoms with Crippen molar-refractivity contribution < 1.29 is 14.0 Å². The normalized spacial score (nSPS) is 10.9. The number of primary amides is 1. The van der Waals surface area contributed by atoms with Crippen molar-refractivity contribution in [1.29, 1.82) is 0 Å². The number of carbonyl (C=O) groups is 2. The summed E-state index contributed by atoms with van der Waals surface area (Å²) in [6.07, 6.45) is 0. The Morgan fingerprint density at radius 1 is 1.19 bits per heavy atom. The molecule has 0 aliphatic carbocycles. The Kier molecular flexibility index (Phi) is 6.10. The summed E-state index contributed by atoms with van der Waals surface area (Å²) in [5, 5.41) is 4.91. The van der Waals surface area contributed by atoms with Crippen LogP contribution in [0.1, 0.15) is 16.1 Å². The van der Waals surface area contributed by atoms with Crippen LogP contribution in [-0.2, 0) is 11.3 Å². The lowest BCUT2D eigenvalue weighted by Gasteiger charge is -2.14. The van der Waals surface area contributed by atoms with E-state index < -0.39 is 5.91 Å². The Morgan fingerprint density at radius 3 is 2.63 bits per heavy atom. The van der Waals surface area contributed by atoms with Crippen molar-refractivity contribution in [2.45, 2.75) is 6.54 Å². The maximum atomic E-state index is 12.2. The van der Waals surface area contributed by atoms with E-state index in [1.54, 1.807) is 11.4 Å². The smallest absolute Gasteiger partial charge is 0.251 e. The van der Waals surface area contributed by atoms with Crippen molar-refractivity contribution in [3.05, 3.63) is 63.6 Å². The summed E-state index contributed by atoms with van der Waals surface area (Å²) in [4.78, 5) is 25.4. The Morgan fingerprint density at radius 2 is 1.93 bits per heavy atom. The molecule has 0 aliphatic heterocycles. The van der Waals surface area contributed by atoms with Gasteiger partial charge in [0.15, 0.2) is 0 Å². The third-order valence-electron chi connectivity index (χ3n) is 3.81. The zero-order valence-corrected chi connectivity index (χ0v) is 17.0. The van der Waals surface area contributed by atoms with Crippen LogP contribution in [0.3, 0.4) is 0 Å². The van der Waals surface area contributed by atoms with Crippen molar-refractivity contribution in [3.8, 4) is 11.3 Å². The molecule has 3 N–H and O–H groups in total. The molecule has 0 aliphatic rings. The number of anilines is 1. The summed E-state index contributed by atoms with van der Waals surface area (Å²) in [6.45, 7) is 0.640. The molecule has 2 heterocycles. The predicted molar refractivity (Wildman–Crippen MR) is 110 cm³/mol. The number of carbonyl (C=O) groups excluding carboxylic acids is 2. The van der Waals surface area contributed by atoms with Gasteiger partial charge in [-0.15, -0.1) is 11.3 Å². The molecule has 8 heteroatoms. The van der Waals surface area contributed by atoms with Gasteiger partial charge in [0.2, 0.25) is 5.91 Å². The van der Waals surface area contributed by atoms with E-state index in [0.717, 1.165) is 21.6 Å². The molecule has 0 saturated carbocycles. The highest BCUT2D eigenvalue weighted by atomic mass is 79.9. The van der Waals surface area contributed by atoms with E-state index in [4.69, 9.17) is 10.2 Å². The van der Waals surface area contributed by atoms with Crippen LogP contribution in [0.2, 0.25) is 0 Å². The third-order valence-corrected chi connectivity index (χ3v) is 5.17. The second kappa shape index (κ2) is 8.51. The van der Waals surface area contributed by atoms with Gasteiger partial charge in [-0.05, 0) is 42.8 Å². The molecular formula is C19H18BrN3O3S. The highest BCUT2D eigenvalue weighted by Gasteiger charge is 2.15. The number of nitrogens with zero attached hydrogens (tertiary/aromatic N) is 1. The molecular weight excluding hydrogens is 430 g/mol. The van der Waals surface area contributed by atoms with E-state index in [1.165, 1.54) is 11.3 Å². The number of benzene rings is 1. The number of hydrogen-bond donors (Lipinski definition) is 2. The second-order valence-corrected chi connectivity index (χ2v) is 7.85. The maximum Gasteiger partial charge on any atom is 0.251 e. The Hall–Kier alpha value is -2.42. The molecule has 0 bridgehead atoms. The fraction of sp³-hybridized carbons (Fsp3) is 0.158. The monoisotopic (exact) mass is 447 g/mol. The Labute approximate surface area is 169 Å². The highest BCUT2D eigenvalue weighted by molar-refractivity contribution is 9.10. The number of nitrogens with two attached hydrogens (primary N) is 1. The zero-order valence-electron chi connectivity index (χ0n) is 14.6. The topological polar surface area (TPSA) is 88.6 Å². The summed E-state index contributed by atoms with van der Waals surface area (Å²) >= 11 is 4.68. The maximum absolute atomic E-state index is 12.2.